The topological polar surface area (TPSA) is 83.1 Å². The van der Waals surface area contributed by atoms with E-state index in [1.165, 1.54) is 23.9 Å². The molecule has 0 saturated carbocycles. The van der Waals surface area contributed by atoms with Crippen LogP contribution in [0.25, 0.3) is 5.69 Å². The van der Waals surface area contributed by atoms with Crippen molar-refractivity contribution in [1.29, 1.82) is 0 Å². The predicted molar refractivity (Wildman–Crippen MR) is 114 cm³/mol. The highest BCUT2D eigenvalue weighted by Gasteiger charge is 2.24. The average Bonchev–Trinajstić information content (AvgIpc) is 3.07. The van der Waals surface area contributed by atoms with Gasteiger partial charge >= 0.3 is 0 Å². The summed E-state index contributed by atoms with van der Waals surface area (Å²) in [6.45, 7) is 5.30. The summed E-state index contributed by atoms with van der Waals surface area (Å²) in [4.78, 5) is 10.9. The molecule has 1 heterocycles. The molecule has 0 bridgehead atoms. The number of rotatable bonds is 9. The Morgan fingerprint density at radius 3 is 2.70 bits per heavy atom. The summed E-state index contributed by atoms with van der Waals surface area (Å²) in [5, 5.41) is 19.8. The number of ether oxygens (including phenoxy) is 1. The Morgan fingerprint density at radius 1 is 1.33 bits per heavy atom. The molecule has 0 amide bonds. The van der Waals surface area contributed by atoms with Crippen molar-refractivity contribution < 1.29 is 14.1 Å². The van der Waals surface area contributed by atoms with E-state index >= 15 is 0 Å². The number of halogens is 2. The van der Waals surface area contributed by atoms with Gasteiger partial charge in [0.25, 0.3) is 0 Å². The molecule has 0 fully saturated rings. The summed E-state index contributed by atoms with van der Waals surface area (Å²) in [7, 11) is 0. The highest BCUT2D eigenvalue weighted by Crippen LogP contribution is 2.38. The van der Waals surface area contributed by atoms with Crippen LogP contribution in [0.15, 0.2) is 60.3 Å². The van der Waals surface area contributed by atoms with Crippen molar-refractivity contribution in [3.63, 3.8) is 0 Å². The molecule has 0 aliphatic rings. The first-order valence-corrected chi connectivity index (χ1v) is 10.1. The van der Waals surface area contributed by atoms with E-state index in [1.54, 1.807) is 47.9 Å². The quantitative estimate of drug-likeness (QED) is 0.197. The monoisotopic (exact) mass is 448 g/mol. The predicted octanol–water partition coefficient (Wildman–Crippen LogP) is 5.04. The number of hydrogen-bond acceptors (Lipinski definition) is 6. The molecule has 0 radical (unpaired) electrons. The molecule has 3 aromatic rings. The highest BCUT2D eigenvalue weighted by atomic mass is 35.5. The van der Waals surface area contributed by atoms with Crippen LogP contribution in [0.1, 0.15) is 16.6 Å². The molecule has 10 heteroatoms. The number of thioether (sulfide) groups is 1. The van der Waals surface area contributed by atoms with Gasteiger partial charge in [-0.1, -0.05) is 42.1 Å². The van der Waals surface area contributed by atoms with Crippen molar-refractivity contribution in [2.75, 3.05) is 13.2 Å². The SMILES string of the molecule is C=CCOc1ccc([C@H](C[N+](=O)[O-])Sc2nnc(C)n2-c2ccc(F)cc2)cc1Cl. The first kappa shape index (κ1) is 21.8. The molecule has 0 aliphatic carbocycles. The van der Waals surface area contributed by atoms with Gasteiger partial charge < -0.3 is 4.74 Å². The van der Waals surface area contributed by atoms with Gasteiger partial charge in [-0.15, -0.1) is 10.2 Å². The van der Waals surface area contributed by atoms with Gasteiger partial charge in [0.05, 0.1) is 5.02 Å². The minimum absolute atomic E-state index is 0.298. The summed E-state index contributed by atoms with van der Waals surface area (Å²) in [5.41, 5.74) is 1.31. The molecule has 0 aliphatic heterocycles. The Hall–Kier alpha value is -2.91. The maximum absolute atomic E-state index is 13.3. The second kappa shape index (κ2) is 9.73. The lowest BCUT2D eigenvalue weighted by atomic mass is 10.1. The molecule has 1 aromatic heterocycles. The molecular weight excluding hydrogens is 431 g/mol. The second-order valence-electron chi connectivity index (χ2n) is 6.25. The van der Waals surface area contributed by atoms with Gasteiger partial charge in [0.15, 0.2) is 5.16 Å². The van der Waals surface area contributed by atoms with Crippen LogP contribution in [-0.2, 0) is 0 Å². The van der Waals surface area contributed by atoms with Crippen molar-refractivity contribution in [2.24, 2.45) is 0 Å². The van der Waals surface area contributed by atoms with Gasteiger partial charge in [-0.2, -0.15) is 0 Å². The van der Waals surface area contributed by atoms with E-state index in [9.17, 15) is 14.5 Å². The number of nitro groups is 1. The van der Waals surface area contributed by atoms with E-state index in [0.29, 0.717) is 39.6 Å². The van der Waals surface area contributed by atoms with E-state index < -0.39 is 5.25 Å². The third-order valence-electron chi connectivity index (χ3n) is 4.13. The Kier molecular flexibility index (Phi) is 7.07. The van der Waals surface area contributed by atoms with Gasteiger partial charge in [-0.05, 0) is 48.9 Å². The zero-order valence-electron chi connectivity index (χ0n) is 16.0. The van der Waals surface area contributed by atoms with Gasteiger partial charge in [0.1, 0.15) is 29.2 Å². The van der Waals surface area contributed by atoms with Gasteiger partial charge in [-0.3, -0.25) is 14.7 Å². The minimum atomic E-state index is -0.575. The number of aromatic nitrogens is 3. The maximum Gasteiger partial charge on any atom is 0.220 e. The van der Waals surface area contributed by atoms with Crippen LogP contribution in [-0.4, -0.2) is 32.8 Å². The third kappa shape index (κ3) is 5.17. The standard InChI is InChI=1S/C20H18ClFN4O3S/c1-3-10-29-18-9-4-14(11-17(18)21)19(12-25(27)28)30-20-24-23-13(2)26(20)16-7-5-15(22)6-8-16/h3-9,11,19H,1,10,12H2,2H3/t19-/m0/s1. The highest BCUT2D eigenvalue weighted by molar-refractivity contribution is 7.99. The summed E-state index contributed by atoms with van der Waals surface area (Å²) >= 11 is 7.48. The molecular formula is C20H18ClFN4O3S. The molecule has 7 nitrogen and oxygen atoms in total. The number of aryl methyl sites for hydroxylation is 1. The van der Waals surface area contributed by atoms with Crippen LogP contribution in [0.5, 0.6) is 5.75 Å². The lowest BCUT2D eigenvalue weighted by Gasteiger charge is -2.15. The number of hydrogen-bond donors (Lipinski definition) is 0. The average molecular weight is 449 g/mol. The fourth-order valence-corrected chi connectivity index (χ4v) is 4.17. The Morgan fingerprint density at radius 2 is 2.07 bits per heavy atom. The van der Waals surface area contributed by atoms with Crippen LogP contribution in [0.2, 0.25) is 5.02 Å². The fraction of sp³-hybridized carbons (Fsp3) is 0.200. The van der Waals surface area contributed by atoms with Crippen LogP contribution >= 0.6 is 23.4 Å². The molecule has 1 atom stereocenters. The molecule has 0 spiro atoms. The smallest absolute Gasteiger partial charge is 0.220 e. The third-order valence-corrected chi connectivity index (χ3v) is 5.60. The first-order chi connectivity index (χ1) is 14.4. The number of nitrogens with zero attached hydrogens (tertiary/aromatic N) is 4. The van der Waals surface area contributed by atoms with Crippen LogP contribution in [0, 0.1) is 22.9 Å². The second-order valence-corrected chi connectivity index (χ2v) is 7.83. The van der Waals surface area contributed by atoms with Crippen molar-refractivity contribution in [3.05, 3.63) is 87.5 Å². The Bertz CT molecular complexity index is 1060. The Balaban J connectivity index is 1.93. The molecule has 0 N–H and O–H groups in total. The van der Waals surface area contributed by atoms with E-state index in [-0.39, 0.29) is 17.3 Å². The largest absolute Gasteiger partial charge is 0.488 e. The van der Waals surface area contributed by atoms with E-state index in [0.717, 1.165) is 0 Å². The fourth-order valence-electron chi connectivity index (χ4n) is 2.76. The molecule has 3 rings (SSSR count). The van der Waals surface area contributed by atoms with Crippen LogP contribution in [0.4, 0.5) is 4.39 Å². The van der Waals surface area contributed by atoms with Crippen molar-refractivity contribution in [2.45, 2.75) is 17.3 Å². The van der Waals surface area contributed by atoms with E-state index in [1.807, 2.05) is 0 Å². The zero-order chi connectivity index (χ0) is 21.7. The van der Waals surface area contributed by atoms with Crippen LogP contribution in [0.3, 0.4) is 0 Å². The molecule has 30 heavy (non-hydrogen) atoms. The lowest BCUT2D eigenvalue weighted by molar-refractivity contribution is -0.479. The van der Waals surface area contributed by atoms with E-state index in [4.69, 9.17) is 16.3 Å². The normalized spacial score (nSPS) is 11.8. The van der Waals surface area contributed by atoms with E-state index in [2.05, 4.69) is 16.8 Å². The van der Waals surface area contributed by atoms with Gasteiger partial charge in [-0.25, -0.2) is 4.39 Å². The molecule has 0 saturated heterocycles. The number of benzene rings is 2. The van der Waals surface area contributed by atoms with Crippen LogP contribution < -0.4 is 4.74 Å². The van der Waals surface area contributed by atoms with Gasteiger partial charge in [0.2, 0.25) is 6.54 Å². The summed E-state index contributed by atoms with van der Waals surface area (Å²) in [6, 6.07) is 10.9. The van der Waals surface area contributed by atoms with Gasteiger partial charge in [0, 0.05) is 10.6 Å². The molecule has 2 aromatic carbocycles. The maximum atomic E-state index is 13.3. The summed E-state index contributed by atoms with van der Waals surface area (Å²) in [6.07, 6.45) is 1.60. The molecule has 0 unspecified atom stereocenters. The minimum Gasteiger partial charge on any atom is -0.488 e. The zero-order valence-corrected chi connectivity index (χ0v) is 17.6. The lowest BCUT2D eigenvalue weighted by Crippen LogP contribution is -2.11. The molecule has 156 valence electrons. The van der Waals surface area contributed by atoms with Crippen molar-refractivity contribution >= 4 is 23.4 Å². The Labute approximate surface area is 181 Å². The van der Waals surface area contributed by atoms with Crippen molar-refractivity contribution in [1.82, 2.24) is 14.8 Å². The summed E-state index contributed by atoms with van der Waals surface area (Å²) < 4.78 is 20.5. The van der Waals surface area contributed by atoms with Crippen molar-refractivity contribution in [3.8, 4) is 11.4 Å². The summed E-state index contributed by atoms with van der Waals surface area (Å²) in [5.74, 6) is 0.684. The first-order valence-electron chi connectivity index (χ1n) is 8.88.